The molecule has 1 amide bonds. The van der Waals surface area contributed by atoms with Crippen LogP contribution in [0.4, 0.5) is 5.69 Å². The molecule has 0 radical (unpaired) electrons. The van der Waals surface area contributed by atoms with Crippen molar-refractivity contribution in [3.63, 3.8) is 0 Å². The summed E-state index contributed by atoms with van der Waals surface area (Å²) in [5.41, 5.74) is 1.69. The molecule has 2 saturated carbocycles. The van der Waals surface area contributed by atoms with Gasteiger partial charge in [-0.25, -0.2) is 18.4 Å². The van der Waals surface area contributed by atoms with Crippen molar-refractivity contribution in [1.29, 1.82) is 0 Å². The Morgan fingerprint density at radius 1 is 1.15 bits per heavy atom. The van der Waals surface area contributed by atoms with E-state index in [1.807, 2.05) is 6.92 Å². The Morgan fingerprint density at radius 2 is 1.98 bits per heavy atom. The maximum atomic E-state index is 13.6. The van der Waals surface area contributed by atoms with Crippen molar-refractivity contribution in [2.75, 3.05) is 24.4 Å². The molecular weight excluding hydrogens is 562 g/mol. The lowest BCUT2D eigenvalue weighted by atomic mass is 9.95. The van der Waals surface area contributed by atoms with Gasteiger partial charge in [-0.1, -0.05) is 12.8 Å². The highest BCUT2D eigenvalue weighted by Crippen LogP contribution is 2.36. The first-order valence-corrected chi connectivity index (χ1v) is 16.7. The fraction of sp³-hybridized carbons (Fsp3) is 0.536. The smallest absolute Gasteiger partial charge is 0.280 e. The van der Waals surface area contributed by atoms with Crippen molar-refractivity contribution < 1.29 is 17.9 Å². The predicted octanol–water partition coefficient (Wildman–Crippen LogP) is 4.03. The van der Waals surface area contributed by atoms with Gasteiger partial charge >= 0.3 is 0 Å². The SMILES string of the molecule is CCOc1cncc(-c2cnc(C(=O)N[C@@H](c3cc(NS(=O)(=O)C4CC4)ccn3)[C@H]3CCN(C4CCCC4)C3)s2)n1. The summed E-state index contributed by atoms with van der Waals surface area (Å²) >= 11 is 1.24. The Labute approximate surface area is 244 Å². The van der Waals surface area contributed by atoms with Crippen LogP contribution in [0.1, 0.15) is 73.4 Å². The van der Waals surface area contributed by atoms with Gasteiger partial charge in [0.2, 0.25) is 15.9 Å². The summed E-state index contributed by atoms with van der Waals surface area (Å²) in [4.78, 5) is 34.5. The summed E-state index contributed by atoms with van der Waals surface area (Å²) < 4.78 is 33.4. The second-order valence-electron chi connectivity index (χ2n) is 11.0. The molecule has 0 bridgehead atoms. The molecule has 3 aromatic rings. The van der Waals surface area contributed by atoms with Crippen molar-refractivity contribution in [1.82, 2.24) is 30.2 Å². The molecule has 6 rings (SSSR count). The number of hydrogen-bond acceptors (Lipinski definition) is 10. The lowest BCUT2D eigenvalue weighted by Gasteiger charge is -2.27. The van der Waals surface area contributed by atoms with Gasteiger partial charge in [0.05, 0.1) is 46.6 Å². The number of pyridine rings is 1. The first kappa shape index (κ1) is 28.0. The fourth-order valence-electron chi connectivity index (χ4n) is 5.81. The number of likely N-dealkylation sites (tertiary alicyclic amines) is 1. The summed E-state index contributed by atoms with van der Waals surface area (Å²) in [5.74, 6) is 0.251. The Bertz CT molecular complexity index is 1490. The molecule has 2 N–H and O–H groups in total. The molecule has 13 heteroatoms. The van der Waals surface area contributed by atoms with Gasteiger partial charge in [0.25, 0.3) is 5.91 Å². The number of nitrogens with zero attached hydrogens (tertiary/aromatic N) is 5. The average molecular weight is 598 g/mol. The van der Waals surface area contributed by atoms with Gasteiger partial charge in [-0.05, 0) is 63.6 Å². The number of rotatable bonds is 11. The number of ether oxygens (including phenoxy) is 1. The average Bonchev–Trinajstić information content (AvgIpc) is 3.34. The zero-order chi connectivity index (χ0) is 28.4. The topological polar surface area (TPSA) is 139 Å². The van der Waals surface area contributed by atoms with E-state index in [1.54, 1.807) is 36.9 Å². The highest BCUT2D eigenvalue weighted by Gasteiger charge is 2.38. The molecule has 3 aromatic heterocycles. The van der Waals surface area contributed by atoms with E-state index in [2.05, 4.69) is 34.9 Å². The molecule has 2 atom stereocenters. The van der Waals surface area contributed by atoms with Crippen molar-refractivity contribution in [3.05, 3.63) is 47.6 Å². The van der Waals surface area contributed by atoms with E-state index in [9.17, 15) is 13.2 Å². The zero-order valence-electron chi connectivity index (χ0n) is 23.0. The van der Waals surface area contributed by atoms with Crippen molar-refractivity contribution in [2.45, 2.75) is 69.2 Å². The number of nitrogens with one attached hydrogen (secondary N) is 2. The second kappa shape index (κ2) is 12.0. The minimum absolute atomic E-state index is 0.135. The summed E-state index contributed by atoms with van der Waals surface area (Å²) in [6.45, 7) is 4.20. The highest BCUT2D eigenvalue weighted by molar-refractivity contribution is 7.93. The summed E-state index contributed by atoms with van der Waals surface area (Å²) in [7, 11) is -3.42. The summed E-state index contributed by atoms with van der Waals surface area (Å²) in [6.07, 6.45) is 13.6. The van der Waals surface area contributed by atoms with Gasteiger partial charge in [-0.2, -0.15) is 0 Å². The van der Waals surface area contributed by atoms with Gasteiger partial charge < -0.3 is 15.0 Å². The van der Waals surface area contributed by atoms with Crippen LogP contribution in [0.2, 0.25) is 0 Å². The largest absolute Gasteiger partial charge is 0.477 e. The molecule has 2 aliphatic carbocycles. The Hall–Kier alpha value is -3.16. The van der Waals surface area contributed by atoms with Crippen LogP contribution in [0.5, 0.6) is 5.88 Å². The van der Waals surface area contributed by atoms with Gasteiger partial charge in [-0.15, -0.1) is 11.3 Å². The number of sulfonamides is 1. The van der Waals surface area contributed by atoms with Gasteiger partial charge in [0, 0.05) is 25.0 Å². The Kier molecular flexibility index (Phi) is 8.18. The van der Waals surface area contributed by atoms with E-state index >= 15 is 0 Å². The van der Waals surface area contributed by atoms with Crippen LogP contribution < -0.4 is 14.8 Å². The monoisotopic (exact) mass is 597 g/mol. The molecular formula is C28H35N7O4S2. The Morgan fingerprint density at radius 3 is 2.76 bits per heavy atom. The minimum Gasteiger partial charge on any atom is -0.477 e. The fourth-order valence-corrected chi connectivity index (χ4v) is 7.97. The molecule has 1 aliphatic heterocycles. The molecule has 3 fully saturated rings. The number of anilines is 1. The second-order valence-corrected chi connectivity index (χ2v) is 13.9. The van der Waals surface area contributed by atoms with E-state index in [1.165, 1.54) is 37.0 Å². The normalized spacial score (nSPS) is 20.7. The quantitative estimate of drug-likeness (QED) is 0.335. The van der Waals surface area contributed by atoms with Crippen LogP contribution in [-0.4, -0.2) is 70.1 Å². The third kappa shape index (κ3) is 6.52. The van der Waals surface area contributed by atoms with Crippen LogP contribution in [-0.2, 0) is 10.0 Å². The Balaban J connectivity index is 1.23. The summed E-state index contributed by atoms with van der Waals surface area (Å²) in [5, 5.41) is 3.19. The lowest BCUT2D eigenvalue weighted by Crippen LogP contribution is -2.37. The van der Waals surface area contributed by atoms with Crippen LogP contribution >= 0.6 is 11.3 Å². The maximum Gasteiger partial charge on any atom is 0.280 e. The number of carbonyl (C=O) groups is 1. The third-order valence-corrected chi connectivity index (χ3v) is 10.9. The zero-order valence-corrected chi connectivity index (χ0v) is 24.7. The molecule has 3 aliphatic rings. The van der Waals surface area contributed by atoms with E-state index in [-0.39, 0.29) is 17.1 Å². The highest BCUT2D eigenvalue weighted by atomic mass is 32.2. The lowest BCUT2D eigenvalue weighted by molar-refractivity contribution is 0.0919. The van der Waals surface area contributed by atoms with Crippen LogP contribution in [0, 0.1) is 5.92 Å². The first-order chi connectivity index (χ1) is 19.9. The van der Waals surface area contributed by atoms with Gasteiger partial charge in [0.1, 0.15) is 5.69 Å². The molecule has 41 heavy (non-hydrogen) atoms. The van der Waals surface area contributed by atoms with Crippen LogP contribution in [0.15, 0.2) is 36.9 Å². The van der Waals surface area contributed by atoms with Crippen LogP contribution in [0.25, 0.3) is 10.6 Å². The molecule has 0 unspecified atom stereocenters. The number of thiazole rings is 1. The van der Waals surface area contributed by atoms with Crippen molar-refractivity contribution >= 4 is 33.0 Å². The summed E-state index contributed by atoms with van der Waals surface area (Å²) in [6, 6.07) is 3.61. The maximum absolute atomic E-state index is 13.6. The first-order valence-electron chi connectivity index (χ1n) is 14.3. The van der Waals surface area contributed by atoms with Gasteiger partial charge in [-0.3, -0.25) is 19.5 Å². The molecule has 1 saturated heterocycles. The minimum atomic E-state index is -3.42. The standard InChI is InChI=1S/C28H35N7O4S2/c1-2-39-25-16-29-14-23(32-25)24-15-31-28(40-24)27(36)33-26(18-10-12-35(17-18)20-5-3-4-6-20)22-13-19(9-11-30-22)34-41(37,38)21-7-8-21/h9,11,13-16,18,20-21,26H,2-8,10,12,17H2,1H3,(H,30,34)(H,33,36)/t18-,26+/m0/s1. The molecule has 0 aromatic carbocycles. The molecule has 4 heterocycles. The van der Waals surface area contributed by atoms with Gasteiger partial charge in [0.15, 0.2) is 5.01 Å². The van der Waals surface area contributed by atoms with E-state index in [4.69, 9.17) is 4.74 Å². The number of aromatic nitrogens is 4. The van der Waals surface area contributed by atoms with E-state index in [0.29, 0.717) is 58.3 Å². The molecule has 218 valence electrons. The number of amides is 1. The number of carbonyl (C=O) groups excluding carboxylic acids is 1. The third-order valence-electron chi connectivity index (χ3n) is 8.04. The molecule has 11 nitrogen and oxygen atoms in total. The molecule has 0 spiro atoms. The number of hydrogen-bond donors (Lipinski definition) is 2. The predicted molar refractivity (Wildman–Crippen MR) is 156 cm³/mol. The van der Waals surface area contributed by atoms with E-state index in [0.717, 1.165) is 19.5 Å². The van der Waals surface area contributed by atoms with Crippen molar-refractivity contribution in [3.8, 4) is 16.5 Å². The van der Waals surface area contributed by atoms with E-state index < -0.39 is 16.1 Å². The van der Waals surface area contributed by atoms with Crippen LogP contribution in [0.3, 0.4) is 0 Å². The van der Waals surface area contributed by atoms with Crippen molar-refractivity contribution in [2.24, 2.45) is 5.92 Å².